The summed E-state index contributed by atoms with van der Waals surface area (Å²) < 4.78 is 68.2. The molecule has 0 saturated carbocycles. The molecule has 3 nitrogen and oxygen atoms in total. The molecule has 5 N–H and O–H groups in total. The highest BCUT2D eigenvalue weighted by Crippen LogP contribution is 2.42. The molecule has 0 aliphatic heterocycles. The van der Waals surface area contributed by atoms with Crippen LogP contribution in [0.25, 0.3) is 0 Å². The normalized spacial score (nSPS) is 11.7. The fourth-order valence-electron chi connectivity index (χ4n) is 0.614. The topological polar surface area (TPSA) is 72.3 Å². The van der Waals surface area contributed by atoms with Gasteiger partial charge in [0.2, 0.25) is 0 Å². The van der Waals surface area contributed by atoms with Crippen molar-refractivity contribution in [3.8, 4) is 0 Å². The van der Waals surface area contributed by atoms with Gasteiger partial charge in [-0.1, -0.05) is 18.2 Å². The van der Waals surface area contributed by atoms with Crippen molar-refractivity contribution in [2.45, 2.75) is 24.9 Å². The first-order valence-electron chi connectivity index (χ1n) is 5.13. The third-order valence-electron chi connectivity index (χ3n) is 1.90. The second kappa shape index (κ2) is 7.95. The van der Waals surface area contributed by atoms with E-state index in [2.05, 4.69) is 5.73 Å². The van der Waals surface area contributed by atoms with E-state index in [1.165, 1.54) is 7.05 Å². The van der Waals surface area contributed by atoms with Crippen LogP contribution in [0.1, 0.15) is 6.92 Å². The van der Waals surface area contributed by atoms with E-state index >= 15 is 0 Å². The molecular weight excluding hydrogens is 290 g/mol. The first kappa shape index (κ1) is 20.8. The minimum atomic E-state index is -5.69. The molecule has 0 bridgehead atoms. The molecule has 118 valence electrons. The Morgan fingerprint density at radius 2 is 1.15 bits per heavy atom. The Kier molecular flexibility index (Phi) is 8.28. The molecule has 0 radical (unpaired) electrons. The van der Waals surface area contributed by atoms with Gasteiger partial charge in [0.1, 0.15) is 0 Å². The molecule has 1 rings (SSSR count). The summed E-state index contributed by atoms with van der Waals surface area (Å²) in [6.07, 6.45) is -11.4. The molecule has 0 fully saturated rings. The maximum atomic E-state index is 11.4. The van der Waals surface area contributed by atoms with Gasteiger partial charge in [-0.15, -0.1) is 0 Å². The van der Waals surface area contributed by atoms with Crippen molar-refractivity contribution in [1.29, 1.82) is 0 Å². The van der Waals surface area contributed by atoms with E-state index in [1.54, 1.807) is 0 Å². The largest absolute Gasteiger partial charge is 0.425 e. The van der Waals surface area contributed by atoms with Crippen molar-refractivity contribution in [3.63, 3.8) is 0 Å². The van der Waals surface area contributed by atoms with Crippen molar-refractivity contribution < 1.29 is 31.4 Å². The third-order valence-corrected chi connectivity index (χ3v) is 1.90. The number of rotatable bonds is 0. The molecule has 0 amide bonds. The van der Waals surface area contributed by atoms with Crippen LogP contribution in [0.5, 0.6) is 0 Å². The lowest BCUT2D eigenvalue weighted by Gasteiger charge is -2.28. The number of nitrogen functional groups attached to an aromatic ring is 1. The molecule has 0 heterocycles. The number of alkyl halides is 6. The number of nitrogens with two attached hydrogens (primary N) is 2. The van der Waals surface area contributed by atoms with Crippen LogP contribution in [-0.4, -0.2) is 30.1 Å². The molecule has 0 saturated heterocycles. The Labute approximate surface area is 112 Å². The first-order valence-corrected chi connectivity index (χ1v) is 5.13. The summed E-state index contributed by atoms with van der Waals surface area (Å²) in [7, 11) is 1.50. The maximum absolute atomic E-state index is 11.4. The molecule has 0 aliphatic rings. The number of aliphatic hydroxyl groups is 1. The summed E-state index contributed by atoms with van der Waals surface area (Å²) in [5.41, 5.74) is 6.05. The van der Waals surface area contributed by atoms with Crippen LogP contribution in [-0.2, 0) is 0 Å². The smallest absolute Gasteiger partial charge is 0.399 e. The number of hydrogen-bond donors (Lipinski definition) is 3. The van der Waals surface area contributed by atoms with E-state index in [0.717, 1.165) is 5.69 Å². The van der Waals surface area contributed by atoms with Gasteiger partial charge < -0.3 is 16.6 Å². The minimum absolute atomic E-state index is 0.340. The predicted octanol–water partition coefficient (Wildman–Crippen LogP) is 2.71. The van der Waals surface area contributed by atoms with Crippen LogP contribution in [0.4, 0.5) is 32.0 Å². The summed E-state index contributed by atoms with van der Waals surface area (Å²) in [6, 6.07) is 9.49. The second-order valence-electron chi connectivity index (χ2n) is 3.48. The summed E-state index contributed by atoms with van der Waals surface area (Å²) in [6.45, 7) is -0.340. The Balaban J connectivity index is 0. The molecule has 0 spiro atoms. The van der Waals surface area contributed by atoms with E-state index < -0.39 is 18.0 Å². The third kappa shape index (κ3) is 6.62. The van der Waals surface area contributed by atoms with Crippen LogP contribution in [0, 0.1) is 0 Å². The van der Waals surface area contributed by atoms with E-state index in [0.29, 0.717) is 0 Å². The fraction of sp³-hybridized carbons (Fsp3) is 0.455. The zero-order chi connectivity index (χ0) is 16.6. The van der Waals surface area contributed by atoms with Gasteiger partial charge in [0.15, 0.2) is 0 Å². The Hall–Kier alpha value is -1.48. The lowest BCUT2D eigenvalue weighted by Crippen LogP contribution is -2.54. The van der Waals surface area contributed by atoms with Gasteiger partial charge in [0.25, 0.3) is 5.60 Å². The van der Waals surface area contributed by atoms with E-state index in [1.807, 2.05) is 30.3 Å². The number of benzene rings is 1. The standard InChI is InChI=1S/C6H7N.C4H4F6O.CH5N/c7-6-4-2-1-3-5-6;1-2(11,3(5,6)7)4(8,9)10;1-2/h1-5H,7H2;11H,1H3;2H2,1H3. The van der Waals surface area contributed by atoms with Crippen LogP contribution in [0.2, 0.25) is 0 Å². The molecule has 20 heavy (non-hydrogen) atoms. The van der Waals surface area contributed by atoms with Gasteiger partial charge in [-0.2, -0.15) is 26.3 Å². The Morgan fingerprint density at radius 3 is 1.25 bits per heavy atom. The zero-order valence-corrected chi connectivity index (χ0v) is 10.8. The monoisotopic (exact) mass is 306 g/mol. The number of hydrogen-bond acceptors (Lipinski definition) is 3. The van der Waals surface area contributed by atoms with Crippen molar-refractivity contribution in [2.24, 2.45) is 5.73 Å². The summed E-state index contributed by atoms with van der Waals surface area (Å²) >= 11 is 0. The lowest BCUT2D eigenvalue weighted by atomic mass is 10.1. The molecule has 1 aromatic rings. The fourth-order valence-corrected chi connectivity index (χ4v) is 0.614. The highest BCUT2D eigenvalue weighted by Gasteiger charge is 2.67. The second-order valence-corrected chi connectivity index (χ2v) is 3.48. The summed E-state index contributed by atoms with van der Waals surface area (Å²) in [4.78, 5) is 0. The van der Waals surface area contributed by atoms with Crippen LogP contribution in [0.15, 0.2) is 30.3 Å². The SMILES string of the molecule is CC(O)(C(F)(F)F)C(F)(F)F.CN.Nc1ccccc1. The van der Waals surface area contributed by atoms with Gasteiger partial charge in [0.05, 0.1) is 0 Å². The van der Waals surface area contributed by atoms with Gasteiger partial charge in [-0.25, -0.2) is 0 Å². The van der Waals surface area contributed by atoms with Crippen LogP contribution >= 0.6 is 0 Å². The molecule has 9 heteroatoms. The average Bonchev–Trinajstić information content (AvgIpc) is 2.30. The lowest BCUT2D eigenvalue weighted by molar-refractivity contribution is -0.360. The summed E-state index contributed by atoms with van der Waals surface area (Å²) in [5.74, 6) is 0. The molecule has 0 atom stereocenters. The molecule has 0 aromatic heterocycles. The average molecular weight is 306 g/mol. The van der Waals surface area contributed by atoms with Gasteiger partial charge in [-0.3, -0.25) is 0 Å². The number of anilines is 1. The molecule has 0 unspecified atom stereocenters. The minimum Gasteiger partial charge on any atom is -0.399 e. The van der Waals surface area contributed by atoms with Gasteiger partial charge in [-0.05, 0) is 26.1 Å². The van der Waals surface area contributed by atoms with E-state index in [9.17, 15) is 26.3 Å². The quantitative estimate of drug-likeness (QED) is 0.510. The van der Waals surface area contributed by atoms with E-state index in [-0.39, 0.29) is 6.92 Å². The maximum Gasteiger partial charge on any atom is 0.425 e. The van der Waals surface area contributed by atoms with Crippen LogP contribution in [0.3, 0.4) is 0 Å². The van der Waals surface area contributed by atoms with Crippen molar-refractivity contribution in [1.82, 2.24) is 0 Å². The molecular formula is C11H16F6N2O. The molecule has 0 aliphatic carbocycles. The van der Waals surface area contributed by atoms with Gasteiger partial charge in [0, 0.05) is 5.69 Å². The molecule has 1 aromatic carbocycles. The van der Waals surface area contributed by atoms with Gasteiger partial charge >= 0.3 is 12.4 Å². The van der Waals surface area contributed by atoms with Crippen molar-refractivity contribution in [2.75, 3.05) is 12.8 Å². The highest BCUT2D eigenvalue weighted by molar-refractivity contribution is 5.35. The Morgan fingerprint density at radius 1 is 0.850 bits per heavy atom. The number of halogens is 6. The summed E-state index contributed by atoms with van der Waals surface area (Å²) in [5, 5.41) is 7.94. The predicted molar refractivity (Wildman–Crippen MR) is 63.7 cm³/mol. The number of para-hydroxylation sites is 1. The van der Waals surface area contributed by atoms with Crippen molar-refractivity contribution >= 4 is 5.69 Å². The Bertz CT molecular complexity index is 345. The highest BCUT2D eigenvalue weighted by atomic mass is 19.4. The van der Waals surface area contributed by atoms with Crippen LogP contribution < -0.4 is 11.5 Å². The zero-order valence-electron chi connectivity index (χ0n) is 10.8. The first-order chi connectivity index (χ1) is 8.89. The van der Waals surface area contributed by atoms with Crippen molar-refractivity contribution in [3.05, 3.63) is 30.3 Å². The van der Waals surface area contributed by atoms with E-state index in [4.69, 9.17) is 10.8 Å².